The predicted octanol–water partition coefficient (Wildman–Crippen LogP) is 3.99. The lowest BCUT2D eigenvalue weighted by Crippen LogP contribution is -2.31. The van der Waals surface area contributed by atoms with Crippen molar-refractivity contribution in [2.75, 3.05) is 6.54 Å². The summed E-state index contributed by atoms with van der Waals surface area (Å²) < 4.78 is 0. The van der Waals surface area contributed by atoms with Gasteiger partial charge in [0.2, 0.25) is 0 Å². The van der Waals surface area contributed by atoms with E-state index in [0.717, 1.165) is 37.3 Å². The Morgan fingerprint density at radius 1 is 1.24 bits per heavy atom. The molecule has 1 aliphatic heterocycles. The molecule has 2 heterocycles. The Morgan fingerprint density at radius 3 is 2.71 bits per heavy atom. The van der Waals surface area contributed by atoms with Gasteiger partial charge in [-0.2, -0.15) is 0 Å². The molecule has 0 aliphatic carbocycles. The van der Waals surface area contributed by atoms with Crippen molar-refractivity contribution in [2.45, 2.75) is 31.8 Å². The topological polar surface area (TPSA) is 29.0 Å². The van der Waals surface area contributed by atoms with E-state index >= 15 is 0 Å². The average Bonchev–Trinajstić information content (AvgIpc) is 2.48. The summed E-state index contributed by atoms with van der Waals surface area (Å²) in [7, 11) is 0. The highest BCUT2D eigenvalue weighted by atomic mass is 35.5. The molecule has 1 aromatic heterocycles. The molecule has 1 unspecified atom stereocenters. The molecular formula is C16H17Cl2N3. The van der Waals surface area contributed by atoms with Crippen LogP contribution in [0.3, 0.4) is 0 Å². The fraction of sp³-hybridized carbons (Fsp3) is 0.375. The first-order valence-electron chi connectivity index (χ1n) is 7.09. The Morgan fingerprint density at radius 2 is 2.00 bits per heavy atom. The minimum atomic E-state index is -0.213. The Hall–Kier alpha value is -1.16. The molecule has 0 N–H and O–H groups in total. The number of hydrogen-bond donors (Lipinski definition) is 0. The minimum absolute atomic E-state index is 0.213. The third kappa shape index (κ3) is 3.37. The first-order valence-corrected chi connectivity index (χ1v) is 7.90. The van der Waals surface area contributed by atoms with Crippen molar-refractivity contribution in [3.63, 3.8) is 0 Å². The van der Waals surface area contributed by atoms with Crippen LogP contribution in [0.25, 0.3) is 0 Å². The molecule has 3 rings (SSSR count). The fourth-order valence-corrected chi connectivity index (χ4v) is 2.96. The highest BCUT2D eigenvalue weighted by Gasteiger charge is 2.22. The zero-order valence-corrected chi connectivity index (χ0v) is 13.4. The van der Waals surface area contributed by atoms with Crippen LogP contribution in [0.2, 0.25) is 5.15 Å². The first-order chi connectivity index (χ1) is 10.1. The first kappa shape index (κ1) is 14.8. The van der Waals surface area contributed by atoms with Crippen molar-refractivity contribution in [3.05, 3.63) is 58.1 Å². The van der Waals surface area contributed by atoms with Gasteiger partial charge in [-0.05, 0) is 12.5 Å². The molecule has 3 nitrogen and oxygen atoms in total. The number of alkyl halides is 1. The lowest BCUT2D eigenvalue weighted by molar-refractivity contribution is 0.242. The van der Waals surface area contributed by atoms with E-state index in [1.807, 2.05) is 13.0 Å². The van der Waals surface area contributed by atoms with Crippen LogP contribution >= 0.6 is 23.2 Å². The van der Waals surface area contributed by atoms with E-state index in [-0.39, 0.29) is 5.38 Å². The van der Waals surface area contributed by atoms with Gasteiger partial charge in [0.15, 0.2) is 0 Å². The van der Waals surface area contributed by atoms with Crippen molar-refractivity contribution >= 4 is 23.2 Å². The summed E-state index contributed by atoms with van der Waals surface area (Å²) in [6.45, 7) is 4.56. The molecule has 1 aliphatic rings. The van der Waals surface area contributed by atoms with Crippen LogP contribution in [-0.4, -0.2) is 21.4 Å². The maximum absolute atomic E-state index is 6.32. The molecule has 21 heavy (non-hydrogen) atoms. The van der Waals surface area contributed by atoms with E-state index in [2.05, 4.69) is 39.1 Å². The van der Waals surface area contributed by atoms with E-state index in [1.54, 1.807) is 0 Å². The molecule has 0 spiro atoms. The molecule has 2 aromatic rings. The van der Waals surface area contributed by atoms with Gasteiger partial charge in [-0.3, -0.25) is 4.90 Å². The van der Waals surface area contributed by atoms with Crippen LogP contribution in [0.1, 0.15) is 34.9 Å². The second-order valence-electron chi connectivity index (χ2n) is 5.36. The number of benzene rings is 1. The second-order valence-corrected chi connectivity index (χ2v) is 6.37. The summed E-state index contributed by atoms with van der Waals surface area (Å²) >= 11 is 12.4. The third-order valence-electron chi connectivity index (χ3n) is 3.71. The largest absolute Gasteiger partial charge is 0.294 e. The van der Waals surface area contributed by atoms with Gasteiger partial charge in [0.05, 0.1) is 11.1 Å². The summed E-state index contributed by atoms with van der Waals surface area (Å²) in [6, 6.07) is 10.5. The van der Waals surface area contributed by atoms with E-state index in [0.29, 0.717) is 11.0 Å². The zero-order chi connectivity index (χ0) is 14.8. The smallest absolute Gasteiger partial charge is 0.147 e. The molecular weight excluding hydrogens is 305 g/mol. The van der Waals surface area contributed by atoms with Gasteiger partial charge in [0.25, 0.3) is 0 Å². The normalized spacial score (nSPS) is 16.5. The van der Waals surface area contributed by atoms with Crippen LogP contribution < -0.4 is 0 Å². The Balaban J connectivity index is 1.79. The molecule has 5 heteroatoms. The second kappa shape index (κ2) is 6.30. The number of rotatable bonds is 3. The van der Waals surface area contributed by atoms with E-state index in [4.69, 9.17) is 23.2 Å². The van der Waals surface area contributed by atoms with Crippen molar-refractivity contribution in [2.24, 2.45) is 0 Å². The van der Waals surface area contributed by atoms with Crippen LogP contribution in [-0.2, 0) is 19.5 Å². The quantitative estimate of drug-likeness (QED) is 0.632. The minimum Gasteiger partial charge on any atom is -0.294 e. The predicted molar refractivity (Wildman–Crippen MR) is 85.6 cm³/mol. The number of hydrogen-bond acceptors (Lipinski definition) is 3. The molecule has 0 saturated carbocycles. The Labute approximate surface area is 134 Å². The number of nitrogens with zero attached hydrogens (tertiary/aromatic N) is 3. The molecule has 0 saturated heterocycles. The van der Waals surface area contributed by atoms with Gasteiger partial charge in [0, 0.05) is 31.6 Å². The molecule has 1 aromatic carbocycles. The standard InChI is InChI=1S/C16H17Cl2N3/c1-11(17)16-19-14-7-8-21(10-13(14)15(18)20-16)9-12-5-3-2-4-6-12/h2-6,11H,7-10H2,1H3. The summed E-state index contributed by atoms with van der Waals surface area (Å²) in [5.74, 6) is 0.622. The highest BCUT2D eigenvalue weighted by molar-refractivity contribution is 6.30. The van der Waals surface area contributed by atoms with Gasteiger partial charge in [0.1, 0.15) is 11.0 Å². The molecule has 0 bridgehead atoms. The number of fused-ring (bicyclic) bond motifs is 1. The molecule has 0 amide bonds. The van der Waals surface area contributed by atoms with Gasteiger partial charge >= 0.3 is 0 Å². The summed E-state index contributed by atoms with van der Waals surface area (Å²) in [5.41, 5.74) is 3.39. The van der Waals surface area contributed by atoms with Gasteiger partial charge < -0.3 is 0 Å². The van der Waals surface area contributed by atoms with Crippen LogP contribution in [0.15, 0.2) is 30.3 Å². The van der Waals surface area contributed by atoms with Gasteiger partial charge in [-0.25, -0.2) is 9.97 Å². The maximum atomic E-state index is 6.32. The average molecular weight is 322 g/mol. The Kier molecular flexibility index (Phi) is 4.43. The van der Waals surface area contributed by atoms with Crippen molar-refractivity contribution in [1.82, 2.24) is 14.9 Å². The van der Waals surface area contributed by atoms with Gasteiger partial charge in [-0.15, -0.1) is 11.6 Å². The summed E-state index contributed by atoms with van der Waals surface area (Å²) in [6.07, 6.45) is 0.890. The monoisotopic (exact) mass is 321 g/mol. The SMILES string of the molecule is CC(Cl)c1nc(Cl)c2c(n1)CCN(Cc1ccccc1)C2. The summed E-state index contributed by atoms with van der Waals surface area (Å²) in [4.78, 5) is 11.3. The van der Waals surface area contributed by atoms with E-state index in [1.165, 1.54) is 5.56 Å². The number of halogens is 2. The number of aromatic nitrogens is 2. The zero-order valence-electron chi connectivity index (χ0n) is 11.9. The van der Waals surface area contributed by atoms with Gasteiger partial charge in [-0.1, -0.05) is 41.9 Å². The molecule has 0 fully saturated rings. The molecule has 110 valence electrons. The lowest BCUT2D eigenvalue weighted by atomic mass is 10.1. The third-order valence-corrected chi connectivity index (χ3v) is 4.22. The van der Waals surface area contributed by atoms with Crippen LogP contribution in [0.4, 0.5) is 0 Å². The fourth-order valence-electron chi connectivity index (χ4n) is 2.60. The van der Waals surface area contributed by atoms with Crippen LogP contribution in [0, 0.1) is 0 Å². The maximum Gasteiger partial charge on any atom is 0.147 e. The van der Waals surface area contributed by atoms with Crippen LogP contribution in [0.5, 0.6) is 0 Å². The Bertz CT molecular complexity index is 629. The molecule has 1 atom stereocenters. The van der Waals surface area contributed by atoms with Crippen molar-refractivity contribution in [3.8, 4) is 0 Å². The molecule has 0 radical (unpaired) electrons. The van der Waals surface area contributed by atoms with Crippen molar-refractivity contribution < 1.29 is 0 Å². The highest BCUT2D eigenvalue weighted by Crippen LogP contribution is 2.27. The van der Waals surface area contributed by atoms with E-state index in [9.17, 15) is 0 Å². The van der Waals surface area contributed by atoms with E-state index < -0.39 is 0 Å². The lowest BCUT2D eigenvalue weighted by Gasteiger charge is -2.28. The summed E-state index contributed by atoms with van der Waals surface area (Å²) in [5, 5.41) is 0.329. The van der Waals surface area contributed by atoms with Crippen molar-refractivity contribution in [1.29, 1.82) is 0 Å².